The van der Waals surface area contributed by atoms with Crippen molar-refractivity contribution in [3.8, 4) is 0 Å². The quantitative estimate of drug-likeness (QED) is 0.771. The lowest BCUT2D eigenvalue weighted by molar-refractivity contribution is 0.413. The lowest BCUT2D eigenvalue weighted by atomic mass is 10.1. The summed E-state index contributed by atoms with van der Waals surface area (Å²) >= 11 is 8.73. The third-order valence-corrected chi connectivity index (χ3v) is 3.75. The van der Waals surface area contributed by atoms with E-state index in [0.29, 0.717) is 4.99 Å². The highest BCUT2D eigenvalue weighted by molar-refractivity contribution is 9.10. The van der Waals surface area contributed by atoms with Gasteiger partial charge in [0.25, 0.3) is 0 Å². The Morgan fingerprint density at radius 1 is 1.26 bits per heavy atom. The Morgan fingerprint density at radius 2 is 1.95 bits per heavy atom. The summed E-state index contributed by atoms with van der Waals surface area (Å²) in [4.78, 5) is 4.97. The van der Waals surface area contributed by atoms with Gasteiger partial charge in [-0.2, -0.15) is 0 Å². The van der Waals surface area contributed by atoms with E-state index in [9.17, 15) is 0 Å². The van der Waals surface area contributed by atoms with Gasteiger partial charge in [-0.15, -0.1) is 0 Å². The Balaban J connectivity index is 3.07. The van der Waals surface area contributed by atoms with Gasteiger partial charge in [0.1, 0.15) is 4.99 Å². The van der Waals surface area contributed by atoms with Gasteiger partial charge in [-0.1, -0.05) is 25.2 Å². The topological polar surface area (TPSA) is 32.5 Å². The summed E-state index contributed by atoms with van der Waals surface area (Å²) in [6, 6.07) is 6.10. The summed E-state index contributed by atoms with van der Waals surface area (Å²) < 4.78 is 0.962. The number of hydrogen-bond acceptors (Lipinski definition) is 3. The Bertz CT molecular complexity index is 435. The van der Waals surface area contributed by atoms with Crippen LogP contribution in [0.25, 0.3) is 0 Å². The molecule has 0 aliphatic heterocycles. The standard InChI is InChI=1S/C14H22BrN3S/c1-4-8-18(10-9-17(2)3)12-7-5-6-11(15)13(12)14(16)19/h5-7H,4,8-10H2,1-3H3,(H2,16,19). The first kappa shape index (κ1) is 16.4. The van der Waals surface area contributed by atoms with Gasteiger partial charge in [-0.05, 0) is 48.6 Å². The Kier molecular flexibility index (Phi) is 6.75. The van der Waals surface area contributed by atoms with E-state index in [-0.39, 0.29) is 0 Å². The van der Waals surface area contributed by atoms with Crippen molar-refractivity contribution in [3.05, 3.63) is 28.2 Å². The van der Waals surface area contributed by atoms with Crippen LogP contribution in [0.2, 0.25) is 0 Å². The van der Waals surface area contributed by atoms with Crippen molar-refractivity contribution in [1.82, 2.24) is 4.90 Å². The molecule has 0 bridgehead atoms. The number of halogens is 1. The maximum Gasteiger partial charge on any atom is 0.107 e. The maximum absolute atomic E-state index is 5.87. The second-order valence-corrected chi connectivity index (χ2v) is 6.08. The van der Waals surface area contributed by atoms with E-state index in [2.05, 4.69) is 52.8 Å². The highest BCUT2D eigenvalue weighted by Gasteiger charge is 2.15. The number of benzene rings is 1. The third kappa shape index (κ3) is 4.75. The third-order valence-electron chi connectivity index (χ3n) is 2.89. The fraction of sp³-hybridized carbons (Fsp3) is 0.500. The van der Waals surface area contributed by atoms with Crippen molar-refractivity contribution < 1.29 is 0 Å². The molecule has 0 aliphatic carbocycles. The van der Waals surface area contributed by atoms with Crippen LogP contribution >= 0.6 is 28.1 Å². The first-order valence-electron chi connectivity index (χ1n) is 6.45. The first-order chi connectivity index (χ1) is 8.97. The van der Waals surface area contributed by atoms with Crippen LogP contribution in [0.1, 0.15) is 18.9 Å². The molecule has 0 radical (unpaired) electrons. The second-order valence-electron chi connectivity index (χ2n) is 4.79. The van der Waals surface area contributed by atoms with Gasteiger partial charge >= 0.3 is 0 Å². The lowest BCUT2D eigenvalue weighted by Gasteiger charge is -2.28. The Morgan fingerprint density at radius 3 is 2.47 bits per heavy atom. The summed E-state index contributed by atoms with van der Waals surface area (Å²) in [6.07, 6.45) is 1.09. The summed E-state index contributed by atoms with van der Waals surface area (Å²) in [5.41, 5.74) is 7.92. The number of nitrogens with zero attached hydrogens (tertiary/aromatic N) is 2. The molecule has 0 heterocycles. The van der Waals surface area contributed by atoms with Gasteiger partial charge in [0.05, 0.1) is 0 Å². The molecular weight excluding hydrogens is 322 g/mol. The van der Waals surface area contributed by atoms with E-state index in [1.165, 1.54) is 0 Å². The number of thiocarbonyl (C=S) groups is 1. The van der Waals surface area contributed by atoms with E-state index in [1.54, 1.807) is 0 Å². The minimum Gasteiger partial charge on any atom is -0.389 e. The summed E-state index contributed by atoms with van der Waals surface area (Å²) in [5, 5.41) is 0. The van der Waals surface area contributed by atoms with Crippen LogP contribution in [0.5, 0.6) is 0 Å². The summed E-state index contributed by atoms with van der Waals surface area (Å²) in [6.45, 7) is 5.15. The molecular formula is C14H22BrN3S. The molecule has 1 aromatic carbocycles. The molecule has 19 heavy (non-hydrogen) atoms. The number of rotatable bonds is 7. The molecule has 0 saturated heterocycles. The Labute approximate surface area is 129 Å². The zero-order valence-corrected chi connectivity index (χ0v) is 14.2. The van der Waals surface area contributed by atoms with Crippen LogP contribution in [-0.4, -0.2) is 43.6 Å². The van der Waals surface area contributed by atoms with Crippen molar-refractivity contribution in [3.63, 3.8) is 0 Å². The molecule has 106 valence electrons. The van der Waals surface area contributed by atoms with Gasteiger partial charge in [0.2, 0.25) is 0 Å². The second kappa shape index (κ2) is 7.82. The number of nitrogens with two attached hydrogens (primary N) is 1. The zero-order valence-electron chi connectivity index (χ0n) is 11.8. The maximum atomic E-state index is 5.87. The van der Waals surface area contributed by atoms with Gasteiger partial charge < -0.3 is 15.5 Å². The summed E-state index contributed by atoms with van der Waals surface area (Å²) in [7, 11) is 4.17. The van der Waals surface area contributed by atoms with Crippen molar-refractivity contribution in [2.24, 2.45) is 5.73 Å². The van der Waals surface area contributed by atoms with Crippen LogP contribution in [0, 0.1) is 0 Å². The highest BCUT2D eigenvalue weighted by atomic mass is 79.9. The molecule has 0 amide bonds. The molecule has 3 nitrogen and oxygen atoms in total. The van der Waals surface area contributed by atoms with Crippen molar-refractivity contribution in [2.75, 3.05) is 38.6 Å². The van der Waals surface area contributed by atoms with Gasteiger partial charge in [0.15, 0.2) is 0 Å². The van der Waals surface area contributed by atoms with Crippen molar-refractivity contribution >= 4 is 38.8 Å². The van der Waals surface area contributed by atoms with E-state index in [1.807, 2.05) is 12.1 Å². The largest absolute Gasteiger partial charge is 0.389 e. The molecule has 1 rings (SSSR count). The molecule has 0 aromatic heterocycles. The molecule has 0 spiro atoms. The highest BCUT2D eigenvalue weighted by Crippen LogP contribution is 2.28. The fourth-order valence-corrected chi connectivity index (χ4v) is 2.88. The molecule has 5 heteroatoms. The van der Waals surface area contributed by atoms with Crippen LogP contribution in [-0.2, 0) is 0 Å². The predicted octanol–water partition coefficient (Wildman–Crippen LogP) is 2.86. The van der Waals surface area contributed by atoms with E-state index in [0.717, 1.165) is 41.8 Å². The molecule has 0 atom stereocenters. The van der Waals surface area contributed by atoms with Crippen molar-refractivity contribution in [2.45, 2.75) is 13.3 Å². The van der Waals surface area contributed by atoms with Crippen LogP contribution < -0.4 is 10.6 Å². The number of anilines is 1. The van der Waals surface area contributed by atoms with Gasteiger partial charge in [-0.25, -0.2) is 0 Å². The zero-order chi connectivity index (χ0) is 14.4. The minimum atomic E-state index is 0.438. The summed E-state index contributed by atoms with van der Waals surface area (Å²) in [5.74, 6) is 0. The number of likely N-dealkylation sites (N-methyl/N-ethyl adjacent to an activating group) is 1. The predicted molar refractivity (Wildman–Crippen MR) is 91.1 cm³/mol. The van der Waals surface area contributed by atoms with Crippen LogP contribution in [0.3, 0.4) is 0 Å². The Hall–Kier alpha value is -0.650. The molecule has 2 N–H and O–H groups in total. The normalized spacial score (nSPS) is 10.8. The van der Waals surface area contributed by atoms with Gasteiger partial charge in [0, 0.05) is 35.4 Å². The SMILES string of the molecule is CCCN(CCN(C)C)c1cccc(Br)c1C(N)=S. The minimum absolute atomic E-state index is 0.438. The molecule has 0 aliphatic rings. The first-order valence-corrected chi connectivity index (χ1v) is 7.65. The average molecular weight is 344 g/mol. The number of hydrogen-bond donors (Lipinski definition) is 1. The smallest absolute Gasteiger partial charge is 0.107 e. The van der Waals surface area contributed by atoms with E-state index >= 15 is 0 Å². The van der Waals surface area contributed by atoms with Gasteiger partial charge in [-0.3, -0.25) is 0 Å². The van der Waals surface area contributed by atoms with E-state index in [4.69, 9.17) is 18.0 Å². The average Bonchev–Trinajstić information content (AvgIpc) is 2.33. The molecule has 0 fully saturated rings. The fourth-order valence-electron chi connectivity index (χ4n) is 1.96. The molecule has 0 saturated carbocycles. The van der Waals surface area contributed by atoms with Crippen molar-refractivity contribution in [1.29, 1.82) is 0 Å². The molecule has 1 aromatic rings. The molecule has 0 unspecified atom stereocenters. The van der Waals surface area contributed by atoms with Crippen LogP contribution in [0.4, 0.5) is 5.69 Å². The van der Waals surface area contributed by atoms with Crippen LogP contribution in [0.15, 0.2) is 22.7 Å². The van der Waals surface area contributed by atoms with E-state index < -0.39 is 0 Å². The monoisotopic (exact) mass is 343 g/mol. The lowest BCUT2D eigenvalue weighted by Crippen LogP contribution is -2.33.